The normalized spacial score (nSPS) is 13.0. The van der Waals surface area contributed by atoms with Crippen LogP contribution in [-0.2, 0) is 20.7 Å². The van der Waals surface area contributed by atoms with Crippen LogP contribution < -0.4 is 16.6 Å². The van der Waals surface area contributed by atoms with E-state index in [1.807, 2.05) is 0 Å². The first-order valence-corrected chi connectivity index (χ1v) is 7.83. The van der Waals surface area contributed by atoms with E-state index >= 15 is 0 Å². The number of nitrogens with one attached hydrogen (secondary N) is 2. The second-order valence-electron chi connectivity index (χ2n) is 7.56. The number of anilines is 1. The van der Waals surface area contributed by atoms with Gasteiger partial charge in [-0.15, -0.1) is 0 Å². The fourth-order valence-corrected chi connectivity index (χ4v) is 1.82. The van der Waals surface area contributed by atoms with Crippen LogP contribution in [0, 0.1) is 0 Å². The molecule has 25 heavy (non-hydrogen) atoms. The smallest absolute Gasteiger partial charge is 0.408 e. The number of ether oxygens (including phenoxy) is 2. The predicted octanol–water partition coefficient (Wildman–Crippen LogP) is 1.13. The first-order valence-electron chi connectivity index (χ1n) is 7.83. The molecule has 0 unspecified atom stereocenters. The highest BCUT2D eigenvalue weighted by atomic mass is 16.6. The maximum absolute atomic E-state index is 12.4. The maximum atomic E-state index is 12.4. The summed E-state index contributed by atoms with van der Waals surface area (Å²) < 4.78 is 10.5. The molecule has 1 aromatic rings. The molecule has 9 nitrogen and oxygen atoms in total. The Hall–Kier alpha value is -2.58. The molecule has 0 aromatic carbocycles. The van der Waals surface area contributed by atoms with E-state index < -0.39 is 34.9 Å². The van der Waals surface area contributed by atoms with Crippen molar-refractivity contribution in [2.45, 2.75) is 65.2 Å². The average molecular weight is 354 g/mol. The van der Waals surface area contributed by atoms with Crippen molar-refractivity contribution < 1.29 is 19.1 Å². The van der Waals surface area contributed by atoms with Crippen molar-refractivity contribution in [3.05, 3.63) is 22.1 Å². The number of esters is 1. The van der Waals surface area contributed by atoms with Crippen LogP contribution >= 0.6 is 0 Å². The number of aromatic amines is 1. The molecule has 0 fully saturated rings. The van der Waals surface area contributed by atoms with Gasteiger partial charge >= 0.3 is 12.1 Å². The van der Waals surface area contributed by atoms with Crippen molar-refractivity contribution in [2.24, 2.45) is 0 Å². The Morgan fingerprint density at radius 3 is 2.24 bits per heavy atom. The van der Waals surface area contributed by atoms with Crippen LogP contribution in [0.15, 0.2) is 11.0 Å². The number of carbonyl (C=O) groups is 2. The van der Waals surface area contributed by atoms with Crippen molar-refractivity contribution in [1.82, 2.24) is 15.3 Å². The maximum Gasteiger partial charge on any atom is 0.408 e. The van der Waals surface area contributed by atoms with E-state index in [-0.39, 0.29) is 17.9 Å². The topological polar surface area (TPSA) is 136 Å². The zero-order chi connectivity index (χ0) is 19.4. The molecule has 0 aliphatic rings. The van der Waals surface area contributed by atoms with Gasteiger partial charge in [-0.1, -0.05) is 0 Å². The third kappa shape index (κ3) is 7.69. The van der Waals surface area contributed by atoms with Crippen LogP contribution in [0.2, 0.25) is 0 Å². The summed E-state index contributed by atoms with van der Waals surface area (Å²) in [5, 5.41) is 2.44. The fraction of sp³-hybridized carbons (Fsp3) is 0.625. The van der Waals surface area contributed by atoms with Crippen LogP contribution in [-0.4, -0.2) is 39.3 Å². The van der Waals surface area contributed by atoms with E-state index in [9.17, 15) is 14.4 Å². The van der Waals surface area contributed by atoms with E-state index in [4.69, 9.17) is 15.2 Å². The molecule has 0 saturated heterocycles. The van der Waals surface area contributed by atoms with Gasteiger partial charge in [-0.05, 0) is 41.5 Å². The Morgan fingerprint density at radius 2 is 1.76 bits per heavy atom. The summed E-state index contributed by atoms with van der Waals surface area (Å²) in [7, 11) is 0. The van der Waals surface area contributed by atoms with E-state index in [1.165, 1.54) is 6.20 Å². The highest BCUT2D eigenvalue weighted by Gasteiger charge is 2.29. The lowest BCUT2D eigenvalue weighted by molar-refractivity contribution is -0.157. The lowest BCUT2D eigenvalue weighted by atomic mass is 10.1. The molecule has 1 amide bonds. The zero-order valence-electron chi connectivity index (χ0n) is 15.4. The van der Waals surface area contributed by atoms with Gasteiger partial charge in [-0.25, -0.2) is 14.6 Å². The van der Waals surface area contributed by atoms with Gasteiger partial charge in [-0.3, -0.25) is 9.78 Å². The van der Waals surface area contributed by atoms with Crippen LogP contribution in [0.4, 0.5) is 10.7 Å². The molecule has 0 aliphatic heterocycles. The minimum atomic E-state index is -1.11. The molecule has 4 N–H and O–H groups in total. The van der Waals surface area contributed by atoms with E-state index in [2.05, 4.69) is 15.3 Å². The minimum absolute atomic E-state index is 0.0392. The highest BCUT2D eigenvalue weighted by Crippen LogP contribution is 2.12. The first kappa shape index (κ1) is 20.5. The van der Waals surface area contributed by atoms with E-state index in [0.29, 0.717) is 0 Å². The third-order valence-corrected chi connectivity index (χ3v) is 2.70. The molecule has 1 rings (SSSR count). The van der Waals surface area contributed by atoms with Gasteiger partial charge in [0.15, 0.2) is 5.95 Å². The fourth-order valence-electron chi connectivity index (χ4n) is 1.82. The Bertz CT molecular complexity index is 685. The van der Waals surface area contributed by atoms with Gasteiger partial charge in [0, 0.05) is 18.2 Å². The van der Waals surface area contributed by atoms with Crippen molar-refractivity contribution in [3.8, 4) is 0 Å². The molecule has 1 heterocycles. The van der Waals surface area contributed by atoms with Crippen LogP contribution in [0.5, 0.6) is 0 Å². The second-order valence-corrected chi connectivity index (χ2v) is 7.56. The minimum Gasteiger partial charge on any atom is -0.458 e. The molecule has 1 aromatic heterocycles. The molecule has 0 spiro atoms. The molecule has 1 atom stereocenters. The molecule has 9 heteroatoms. The number of nitrogens with two attached hydrogens (primary N) is 1. The largest absolute Gasteiger partial charge is 0.458 e. The van der Waals surface area contributed by atoms with Gasteiger partial charge in [0.25, 0.3) is 5.56 Å². The van der Waals surface area contributed by atoms with Crippen LogP contribution in [0.3, 0.4) is 0 Å². The SMILES string of the molecule is CC(C)(C)OC(=O)N[C@@H](Cc1cnc(N)[nH]c1=O)C(=O)OC(C)(C)C. The summed E-state index contributed by atoms with van der Waals surface area (Å²) >= 11 is 0. The molecule has 0 radical (unpaired) electrons. The van der Waals surface area contributed by atoms with Gasteiger partial charge in [-0.2, -0.15) is 0 Å². The Balaban J connectivity index is 3.00. The standard InChI is InChI=1S/C16H26N4O5/c1-15(2,3)24-12(22)10(19-14(23)25-16(4,5)6)7-9-8-18-13(17)20-11(9)21/h8,10H,7H2,1-6H3,(H,19,23)(H3,17,18,20,21)/t10-/m0/s1. The number of rotatable bonds is 4. The summed E-state index contributed by atoms with van der Waals surface area (Å²) in [6.45, 7) is 10.2. The summed E-state index contributed by atoms with van der Waals surface area (Å²) in [5.41, 5.74) is 3.60. The van der Waals surface area contributed by atoms with Gasteiger partial charge in [0.05, 0.1) is 0 Å². The number of carbonyl (C=O) groups excluding carboxylic acids is 2. The number of nitrogens with zero attached hydrogens (tertiary/aromatic N) is 1. The molecule has 0 saturated carbocycles. The molecule has 0 aliphatic carbocycles. The van der Waals surface area contributed by atoms with Gasteiger partial charge in [0.2, 0.25) is 0 Å². The number of amides is 1. The first-order chi connectivity index (χ1) is 11.3. The molecule has 0 bridgehead atoms. The number of nitrogen functional groups attached to an aromatic ring is 1. The monoisotopic (exact) mass is 354 g/mol. The van der Waals surface area contributed by atoms with Crippen molar-refractivity contribution >= 4 is 18.0 Å². The van der Waals surface area contributed by atoms with Crippen molar-refractivity contribution in [3.63, 3.8) is 0 Å². The second kappa shape index (κ2) is 7.54. The summed E-state index contributed by atoms with van der Waals surface area (Å²) in [4.78, 5) is 42.5. The van der Waals surface area contributed by atoms with Crippen molar-refractivity contribution in [2.75, 3.05) is 5.73 Å². The molecular weight excluding hydrogens is 328 g/mol. The van der Waals surface area contributed by atoms with Crippen LogP contribution in [0.1, 0.15) is 47.1 Å². The predicted molar refractivity (Wildman–Crippen MR) is 92.0 cm³/mol. The Labute approximate surface area is 146 Å². The lowest BCUT2D eigenvalue weighted by Gasteiger charge is -2.26. The quantitative estimate of drug-likeness (QED) is 0.689. The number of aromatic nitrogens is 2. The lowest BCUT2D eigenvalue weighted by Crippen LogP contribution is -2.47. The Kier molecular flexibility index (Phi) is 6.17. The number of alkyl carbamates (subject to hydrolysis) is 1. The van der Waals surface area contributed by atoms with Gasteiger partial charge < -0.3 is 20.5 Å². The average Bonchev–Trinajstić information content (AvgIpc) is 2.36. The van der Waals surface area contributed by atoms with E-state index in [0.717, 1.165) is 0 Å². The third-order valence-electron chi connectivity index (χ3n) is 2.70. The molecule has 140 valence electrons. The summed E-state index contributed by atoms with van der Waals surface area (Å²) in [5.74, 6) is -0.725. The number of H-pyrrole nitrogens is 1. The summed E-state index contributed by atoms with van der Waals surface area (Å²) in [6.07, 6.45) is 0.349. The zero-order valence-corrected chi connectivity index (χ0v) is 15.4. The summed E-state index contributed by atoms with van der Waals surface area (Å²) in [6, 6.07) is -1.11. The van der Waals surface area contributed by atoms with Crippen LogP contribution in [0.25, 0.3) is 0 Å². The molecular formula is C16H26N4O5. The van der Waals surface area contributed by atoms with Gasteiger partial charge in [0.1, 0.15) is 17.2 Å². The van der Waals surface area contributed by atoms with E-state index in [1.54, 1.807) is 41.5 Å². The van der Waals surface area contributed by atoms with Crippen molar-refractivity contribution in [1.29, 1.82) is 0 Å². The Morgan fingerprint density at radius 1 is 1.20 bits per heavy atom. The number of hydrogen-bond donors (Lipinski definition) is 3. The number of hydrogen-bond acceptors (Lipinski definition) is 7. The highest BCUT2D eigenvalue weighted by molar-refractivity contribution is 5.82.